The van der Waals surface area contributed by atoms with Gasteiger partial charge in [0.15, 0.2) is 0 Å². The molecular formula is C16H30N2O2. The first-order valence-corrected chi connectivity index (χ1v) is 8.04. The van der Waals surface area contributed by atoms with Gasteiger partial charge in [0.25, 0.3) is 0 Å². The minimum atomic E-state index is -0.449. The summed E-state index contributed by atoms with van der Waals surface area (Å²) in [7, 11) is 0. The van der Waals surface area contributed by atoms with Crippen LogP contribution in [-0.4, -0.2) is 23.8 Å². The summed E-state index contributed by atoms with van der Waals surface area (Å²) in [5.41, 5.74) is 5.61. The van der Waals surface area contributed by atoms with Crippen molar-refractivity contribution in [3.05, 3.63) is 0 Å². The van der Waals surface area contributed by atoms with Crippen LogP contribution in [0.15, 0.2) is 0 Å². The lowest BCUT2D eigenvalue weighted by Gasteiger charge is -2.57. The number of nitrogens with two attached hydrogens (primary N) is 1. The Morgan fingerprint density at radius 1 is 1.10 bits per heavy atom. The third-order valence-electron chi connectivity index (χ3n) is 5.16. The van der Waals surface area contributed by atoms with E-state index in [-0.39, 0.29) is 17.0 Å². The molecule has 0 bridgehead atoms. The van der Waals surface area contributed by atoms with Gasteiger partial charge in [-0.1, -0.05) is 25.7 Å². The number of carbonyl (C=O) groups excluding carboxylic acids is 1. The summed E-state index contributed by atoms with van der Waals surface area (Å²) < 4.78 is 5.48. The monoisotopic (exact) mass is 282 g/mol. The minimum Gasteiger partial charge on any atom is -0.444 e. The molecule has 20 heavy (non-hydrogen) atoms. The Labute approximate surface area is 122 Å². The van der Waals surface area contributed by atoms with Crippen LogP contribution < -0.4 is 11.1 Å². The van der Waals surface area contributed by atoms with Crippen molar-refractivity contribution >= 4 is 6.09 Å². The Bertz CT molecular complexity index is 344. The van der Waals surface area contributed by atoms with Crippen LogP contribution in [0.2, 0.25) is 0 Å². The molecule has 1 amide bonds. The first kappa shape index (κ1) is 15.6. The predicted octanol–water partition coefficient (Wildman–Crippen LogP) is 3.34. The number of alkyl carbamates (subject to hydrolysis) is 1. The zero-order valence-electron chi connectivity index (χ0n) is 13.3. The van der Waals surface area contributed by atoms with Crippen LogP contribution in [-0.2, 0) is 4.74 Å². The first-order chi connectivity index (χ1) is 9.33. The predicted molar refractivity (Wildman–Crippen MR) is 80.5 cm³/mol. The standard InChI is InChI=1S/C16H30N2O2/c1-14(2,3)20-13(19)18-16(10-5-4-6-11-16)15(12-17)8-7-9-15/h4-12,17H2,1-3H3,(H,18,19). The number of hydrogen-bond acceptors (Lipinski definition) is 3. The fourth-order valence-corrected chi connectivity index (χ4v) is 3.92. The van der Waals surface area contributed by atoms with Gasteiger partial charge in [-0.3, -0.25) is 0 Å². The van der Waals surface area contributed by atoms with E-state index >= 15 is 0 Å². The van der Waals surface area contributed by atoms with Crippen molar-refractivity contribution in [2.24, 2.45) is 11.1 Å². The highest BCUT2D eigenvalue weighted by molar-refractivity contribution is 5.69. The van der Waals surface area contributed by atoms with Gasteiger partial charge in [0, 0.05) is 12.0 Å². The SMILES string of the molecule is CC(C)(C)OC(=O)NC1(C2(CN)CCC2)CCCCC1. The van der Waals surface area contributed by atoms with E-state index in [0.717, 1.165) is 25.7 Å². The maximum atomic E-state index is 12.3. The van der Waals surface area contributed by atoms with Gasteiger partial charge in [-0.2, -0.15) is 0 Å². The third kappa shape index (κ3) is 2.95. The molecule has 2 aliphatic carbocycles. The van der Waals surface area contributed by atoms with Crippen molar-refractivity contribution in [1.29, 1.82) is 0 Å². The largest absolute Gasteiger partial charge is 0.444 e. The molecule has 0 heterocycles. The highest BCUT2D eigenvalue weighted by Crippen LogP contribution is 2.54. The highest BCUT2D eigenvalue weighted by atomic mass is 16.6. The van der Waals surface area contributed by atoms with Crippen LogP contribution in [0.3, 0.4) is 0 Å². The van der Waals surface area contributed by atoms with Crippen LogP contribution in [0.4, 0.5) is 4.79 Å². The van der Waals surface area contributed by atoms with Gasteiger partial charge in [0.1, 0.15) is 5.60 Å². The number of ether oxygens (including phenoxy) is 1. The summed E-state index contributed by atoms with van der Waals surface area (Å²) in [6.07, 6.45) is 8.94. The van der Waals surface area contributed by atoms with Gasteiger partial charge in [-0.05, 0) is 46.5 Å². The van der Waals surface area contributed by atoms with E-state index < -0.39 is 5.60 Å². The first-order valence-electron chi connectivity index (χ1n) is 8.04. The zero-order valence-corrected chi connectivity index (χ0v) is 13.3. The second-order valence-electron chi connectivity index (χ2n) is 7.61. The molecular weight excluding hydrogens is 252 g/mol. The quantitative estimate of drug-likeness (QED) is 0.834. The summed E-state index contributed by atoms with van der Waals surface area (Å²) in [5.74, 6) is 0. The van der Waals surface area contributed by atoms with E-state index in [1.54, 1.807) is 0 Å². The van der Waals surface area contributed by atoms with Crippen LogP contribution in [0, 0.1) is 5.41 Å². The Hall–Kier alpha value is -0.770. The van der Waals surface area contributed by atoms with Gasteiger partial charge in [0.05, 0.1) is 5.54 Å². The van der Waals surface area contributed by atoms with E-state index in [2.05, 4.69) is 5.32 Å². The van der Waals surface area contributed by atoms with Gasteiger partial charge >= 0.3 is 6.09 Å². The second-order valence-corrected chi connectivity index (χ2v) is 7.61. The number of rotatable bonds is 3. The van der Waals surface area contributed by atoms with E-state index in [1.165, 1.54) is 25.7 Å². The molecule has 0 aromatic carbocycles. The number of nitrogens with one attached hydrogen (secondary N) is 1. The molecule has 2 fully saturated rings. The van der Waals surface area contributed by atoms with Crippen LogP contribution >= 0.6 is 0 Å². The highest BCUT2D eigenvalue weighted by Gasteiger charge is 2.55. The maximum Gasteiger partial charge on any atom is 0.408 e. The van der Waals surface area contributed by atoms with Crippen molar-refractivity contribution in [2.75, 3.05) is 6.54 Å². The fraction of sp³-hybridized carbons (Fsp3) is 0.938. The van der Waals surface area contributed by atoms with Gasteiger partial charge in [-0.15, -0.1) is 0 Å². The summed E-state index contributed by atoms with van der Waals surface area (Å²) >= 11 is 0. The van der Waals surface area contributed by atoms with E-state index in [1.807, 2.05) is 20.8 Å². The topological polar surface area (TPSA) is 64.3 Å². The molecule has 0 aromatic heterocycles. The average Bonchev–Trinajstić information content (AvgIpc) is 2.26. The maximum absolute atomic E-state index is 12.3. The van der Waals surface area contributed by atoms with Gasteiger partial charge in [0.2, 0.25) is 0 Å². The number of carbonyl (C=O) groups is 1. The molecule has 0 atom stereocenters. The Kier molecular flexibility index (Phi) is 4.33. The molecule has 0 radical (unpaired) electrons. The molecule has 2 rings (SSSR count). The Morgan fingerprint density at radius 2 is 1.70 bits per heavy atom. The Balaban J connectivity index is 2.13. The number of amides is 1. The third-order valence-corrected chi connectivity index (χ3v) is 5.16. The summed E-state index contributed by atoms with van der Waals surface area (Å²) in [6.45, 7) is 6.38. The molecule has 0 spiro atoms. The summed E-state index contributed by atoms with van der Waals surface area (Å²) in [4.78, 5) is 12.3. The molecule has 4 nitrogen and oxygen atoms in total. The van der Waals surface area contributed by atoms with E-state index in [4.69, 9.17) is 10.5 Å². The van der Waals surface area contributed by atoms with E-state index in [9.17, 15) is 4.79 Å². The lowest BCUT2D eigenvalue weighted by molar-refractivity contribution is -0.0275. The Morgan fingerprint density at radius 3 is 2.10 bits per heavy atom. The molecule has 0 aromatic rings. The normalized spacial score (nSPS) is 24.6. The van der Waals surface area contributed by atoms with Crippen molar-refractivity contribution in [2.45, 2.75) is 83.3 Å². The lowest BCUT2D eigenvalue weighted by atomic mass is 9.53. The number of hydrogen-bond donors (Lipinski definition) is 2. The minimum absolute atomic E-state index is 0.102. The molecule has 0 aliphatic heterocycles. The lowest BCUT2D eigenvalue weighted by Crippen LogP contribution is -2.66. The van der Waals surface area contributed by atoms with Crippen LogP contribution in [0.1, 0.15) is 72.1 Å². The van der Waals surface area contributed by atoms with E-state index in [0.29, 0.717) is 6.54 Å². The van der Waals surface area contributed by atoms with Crippen molar-refractivity contribution in [1.82, 2.24) is 5.32 Å². The zero-order chi connectivity index (χ0) is 14.9. The van der Waals surface area contributed by atoms with Gasteiger partial charge in [-0.25, -0.2) is 4.79 Å². The second kappa shape index (κ2) is 5.55. The van der Waals surface area contributed by atoms with Crippen molar-refractivity contribution < 1.29 is 9.53 Å². The molecule has 116 valence electrons. The molecule has 3 N–H and O–H groups in total. The molecule has 0 saturated heterocycles. The smallest absolute Gasteiger partial charge is 0.408 e. The van der Waals surface area contributed by atoms with Crippen molar-refractivity contribution in [3.8, 4) is 0 Å². The van der Waals surface area contributed by atoms with Crippen LogP contribution in [0.25, 0.3) is 0 Å². The molecule has 0 unspecified atom stereocenters. The molecule has 2 saturated carbocycles. The van der Waals surface area contributed by atoms with Crippen molar-refractivity contribution in [3.63, 3.8) is 0 Å². The fourth-order valence-electron chi connectivity index (χ4n) is 3.92. The average molecular weight is 282 g/mol. The molecule has 2 aliphatic rings. The van der Waals surface area contributed by atoms with Crippen LogP contribution in [0.5, 0.6) is 0 Å². The summed E-state index contributed by atoms with van der Waals surface area (Å²) in [6, 6.07) is 0. The molecule has 4 heteroatoms. The summed E-state index contributed by atoms with van der Waals surface area (Å²) in [5, 5.41) is 3.24. The van der Waals surface area contributed by atoms with Gasteiger partial charge < -0.3 is 15.8 Å².